The van der Waals surface area contributed by atoms with E-state index in [4.69, 9.17) is 4.74 Å². The van der Waals surface area contributed by atoms with Crippen molar-refractivity contribution in [3.63, 3.8) is 0 Å². The highest BCUT2D eigenvalue weighted by Crippen LogP contribution is 2.30. The van der Waals surface area contributed by atoms with Crippen molar-refractivity contribution in [1.82, 2.24) is 0 Å². The number of methoxy groups -OCH3 is 1. The molecule has 8 heteroatoms. The van der Waals surface area contributed by atoms with Crippen LogP contribution in [0.4, 0.5) is 24.5 Å². The molecule has 0 saturated carbocycles. The summed E-state index contributed by atoms with van der Waals surface area (Å²) in [6.45, 7) is 0.435. The van der Waals surface area contributed by atoms with Gasteiger partial charge < -0.3 is 15.4 Å². The Balaban J connectivity index is 1.69. The van der Waals surface area contributed by atoms with Gasteiger partial charge in [-0.3, -0.25) is 9.59 Å². The molecule has 0 unspecified atom stereocenters. The third-order valence-electron chi connectivity index (χ3n) is 4.36. The predicted octanol–water partition coefficient (Wildman–Crippen LogP) is 5.36. The monoisotopic (exact) mass is 428 g/mol. The Labute approximate surface area is 176 Å². The molecule has 0 atom stereocenters. The standard InChI is InChI=1S/C23H19F3N2O3/c1-31-14-15-8-10-16(11-9-15)21(29)27-19-6-2-4-17(12-19)22(30)28-20-7-3-5-18(13-20)23(24,25)26/h2-13H,14H2,1H3,(H,27,29)(H,28,30). The number of ether oxygens (including phenoxy) is 1. The number of nitrogens with one attached hydrogen (secondary N) is 2. The average molecular weight is 428 g/mol. The zero-order valence-corrected chi connectivity index (χ0v) is 16.5. The normalized spacial score (nSPS) is 11.1. The molecule has 0 aliphatic rings. The van der Waals surface area contributed by atoms with Gasteiger partial charge in [0.15, 0.2) is 0 Å². The number of rotatable bonds is 6. The molecule has 0 heterocycles. The summed E-state index contributed by atoms with van der Waals surface area (Å²) in [6.07, 6.45) is -4.51. The maximum atomic E-state index is 12.8. The fraction of sp³-hybridized carbons (Fsp3) is 0.130. The van der Waals surface area contributed by atoms with E-state index >= 15 is 0 Å². The Kier molecular flexibility index (Phi) is 6.71. The molecule has 0 aliphatic carbocycles. The topological polar surface area (TPSA) is 67.4 Å². The maximum Gasteiger partial charge on any atom is 0.416 e. The minimum Gasteiger partial charge on any atom is -0.380 e. The molecule has 0 radical (unpaired) electrons. The van der Waals surface area contributed by atoms with Crippen molar-refractivity contribution in [1.29, 1.82) is 0 Å². The van der Waals surface area contributed by atoms with Gasteiger partial charge in [0.2, 0.25) is 0 Å². The SMILES string of the molecule is COCc1ccc(C(=O)Nc2cccc(C(=O)Nc3cccc(C(F)(F)F)c3)c2)cc1. The second-order valence-corrected chi connectivity index (χ2v) is 6.70. The van der Waals surface area contributed by atoms with Crippen molar-refractivity contribution in [3.8, 4) is 0 Å². The summed E-state index contributed by atoms with van der Waals surface area (Å²) in [5.74, 6) is -0.959. The Hall–Kier alpha value is -3.65. The highest BCUT2D eigenvalue weighted by Gasteiger charge is 2.30. The van der Waals surface area contributed by atoms with Crippen molar-refractivity contribution >= 4 is 23.2 Å². The van der Waals surface area contributed by atoms with Crippen molar-refractivity contribution in [2.24, 2.45) is 0 Å². The van der Waals surface area contributed by atoms with Crippen LogP contribution in [0.25, 0.3) is 0 Å². The molecule has 0 aromatic heterocycles. The number of hydrogen-bond acceptors (Lipinski definition) is 3. The molecule has 3 rings (SSSR count). The molecule has 0 bridgehead atoms. The Morgan fingerprint density at radius 2 is 1.39 bits per heavy atom. The first-order valence-electron chi connectivity index (χ1n) is 9.24. The molecule has 2 amide bonds. The van der Waals surface area contributed by atoms with Crippen LogP contribution in [0.1, 0.15) is 31.8 Å². The lowest BCUT2D eigenvalue weighted by atomic mass is 10.1. The summed E-state index contributed by atoms with van der Waals surface area (Å²) in [4.78, 5) is 24.9. The van der Waals surface area contributed by atoms with Crippen LogP contribution < -0.4 is 10.6 Å². The van der Waals surface area contributed by atoms with E-state index in [1.807, 2.05) is 0 Å². The lowest BCUT2D eigenvalue weighted by Crippen LogP contribution is -2.15. The fourth-order valence-electron chi connectivity index (χ4n) is 2.84. The van der Waals surface area contributed by atoms with Crippen molar-refractivity contribution in [2.75, 3.05) is 17.7 Å². The number of anilines is 2. The minimum absolute atomic E-state index is 0.0189. The number of amides is 2. The van der Waals surface area contributed by atoms with Gasteiger partial charge in [0, 0.05) is 29.6 Å². The Morgan fingerprint density at radius 1 is 0.806 bits per heavy atom. The number of halogens is 3. The molecule has 3 aromatic rings. The van der Waals surface area contributed by atoms with Crippen LogP contribution in [0, 0.1) is 0 Å². The molecule has 160 valence electrons. The van der Waals surface area contributed by atoms with E-state index in [1.54, 1.807) is 43.5 Å². The van der Waals surface area contributed by atoms with Crippen LogP contribution in [-0.2, 0) is 17.5 Å². The summed E-state index contributed by atoms with van der Waals surface area (Å²) < 4.78 is 43.6. The van der Waals surface area contributed by atoms with Gasteiger partial charge in [-0.25, -0.2) is 0 Å². The van der Waals surface area contributed by atoms with Crippen LogP contribution in [0.15, 0.2) is 72.8 Å². The Bertz CT molecular complexity index is 1080. The first-order valence-corrected chi connectivity index (χ1v) is 9.24. The number of alkyl halides is 3. The van der Waals surface area contributed by atoms with Gasteiger partial charge >= 0.3 is 6.18 Å². The largest absolute Gasteiger partial charge is 0.416 e. The van der Waals surface area contributed by atoms with E-state index in [0.717, 1.165) is 17.7 Å². The summed E-state index contributed by atoms with van der Waals surface area (Å²) in [7, 11) is 1.58. The van der Waals surface area contributed by atoms with Crippen molar-refractivity contribution in [2.45, 2.75) is 12.8 Å². The molecule has 31 heavy (non-hydrogen) atoms. The van der Waals surface area contributed by atoms with Crippen LogP contribution in [0.3, 0.4) is 0 Å². The molecule has 0 spiro atoms. The minimum atomic E-state index is -4.51. The number of hydrogen-bond donors (Lipinski definition) is 2. The Morgan fingerprint density at radius 3 is 2.00 bits per heavy atom. The van der Waals surface area contributed by atoms with Crippen LogP contribution in [-0.4, -0.2) is 18.9 Å². The molecule has 0 aliphatic heterocycles. The second-order valence-electron chi connectivity index (χ2n) is 6.70. The van der Waals surface area contributed by atoms with Gasteiger partial charge in [-0.15, -0.1) is 0 Å². The highest BCUT2D eigenvalue weighted by atomic mass is 19.4. The van der Waals surface area contributed by atoms with Crippen LogP contribution in [0.2, 0.25) is 0 Å². The summed E-state index contributed by atoms with van der Waals surface area (Å²) in [5, 5.41) is 5.14. The van der Waals surface area contributed by atoms with E-state index in [9.17, 15) is 22.8 Å². The lowest BCUT2D eigenvalue weighted by Gasteiger charge is -2.11. The smallest absolute Gasteiger partial charge is 0.380 e. The van der Waals surface area contributed by atoms with Gasteiger partial charge in [0.1, 0.15) is 0 Å². The molecule has 2 N–H and O–H groups in total. The first kappa shape index (κ1) is 22.0. The molecule has 3 aromatic carbocycles. The fourth-order valence-corrected chi connectivity index (χ4v) is 2.84. The average Bonchev–Trinajstić information content (AvgIpc) is 2.74. The van der Waals surface area contributed by atoms with E-state index in [2.05, 4.69) is 10.6 Å². The number of carbonyl (C=O) groups excluding carboxylic acids is 2. The van der Waals surface area contributed by atoms with Crippen LogP contribution >= 0.6 is 0 Å². The zero-order valence-electron chi connectivity index (χ0n) is 16.5. The third kappa shape index (κ3) is 5.93. The highest BCUT2D eigenvalue weighted by molar-refractivity contribution is 6.07. The van der Waals surface area contributed by atoms with Gasteiger partial charge in [-0.05, 0) is 54.1 Å². The maximum absolute atomic E-state index is 12.8. The molecular weight excluding hydrogens is 409 g/mol. The lowest BCUT2D eigenvalue weighted by molar-refractivity contribution is -0.137. The van der Waals surface area contributed by atoms with Crippen molar-refractivity contribution < 1.29 is 27.5 Å². The predicted molar refractivity (Wildman–Crippen MR) is 111 cm³/mol. The first-order chi connectivity index (χ1) is 14.8. The summed E-state index contributed by atoms with van der Waals surface area (Å²) in [5.41, 5.74) is 1.08. The molecule has 5 nitrogen and oxygen atoms in total. The van der Waals surface area contributed by atoms with Gasteiger partial charge in [0.05, 0.1) is 12.2 Å². The summed E-state index contributed by atoms with van der Waals surface area (Å²) >= 11 is 0. The summed E-state index contributed by atoms with van der Waals surface area (Å²) in [6, 6.07) is 17.4. The number of benzene rings is 3. The molecule has 0 saturated heterocycles. The molecular formula is C23H19F3N2O3. The van der Waals surface area contributed by atoms with E-state index < -0.39 is 17.6 Å². The van der Waals surface area contributed by atoms with Crippen molar-refractivity contribution in [3.05, 3.63) is 95.1 Å². The van der Waals surface area contributed by atoms with Crippen LogP contribution in [0.5, 0.6) is 0 Å². The third-order valence-corrected chi connectivity index (χ3v) is 4.36. The molecule has 0 fully saturated rings. The second kappa shape index (κ2) is 9.44. The van der Waals surface area contributed by atoms with E-state index in [-0.39, 0.29) is 17.2 Å². The van der Waals surface area contributed by atoms with Gasteiger partial charge in [0.25, 0.3) is 11.8 Å². The van der Waals surface area contributed by atoms with Gasteiger partial charge in [-0.1, -0.05) is 24.3 Å². The quantitative estimate of drug-likeness (QED) is 0.556. The van der Waals surface area contributed by atoms with E-state index in [1.165, 1.54) is 24.3 Å². The van der Waals surface area contributed by atoms with E-state index in [0.29, 0.717) is 17.9 Å². The zero-order chi connectivity index (χ0) is 22.4. The van der Waals surface area contributed by atoms with Gasteiger partial charge in [-0.2, -0.15) is 13.2 Å². The number of carbonyl (C=O) groups is 2.